The highest BCUT2D eigenvalue weighted by Gasteiger charge is 2.24. The summed E-state index contributed by atoms with van der Waals surface area (Å²) < 4.78 is 10.7. The Labute approximate surface area is 197 Å². The molecule has 172 valence electrons. The van der Waals surface area contributed by atoms with Crippen molar-refractivity contribution < 1.29 is 24.2 Å². The summed E-state index contributed by atoms with van der Waals surface area (Å²) in [5.41, 5.74) is 2.22. The van der Waals surface area contributed by atoms with E-state index in [4.69, 9.17) is 9.47 Å². The van der Waals surface area contributed by atoms with Gasteiger partial charge in [-0.15, -0.1) is 0 Å². The molecule has 3 aromatic carbocycles. The molecule has 4 aromatic rings. The fraction of sp³-hybridized carbons (Fsp3) is 0.148. The molecule has 0 bridgehead atoms. The summed E-state index contributed by atoms with van der Waals surface area (Å²) in [5.74, 6) is -0.724. The molecule has 0 aliphatic rings. The SMILES string of the molecule is COC(=O)[C@H](Cc1ccc(OCc2ccccc2)cc1)NC(=O)c1ccc2cccnc2c1O. The number of amides is 1. The number of pyridine rings is 1. The van der Waals surface area contributed by atoms with Gasteiger partial charge in [-0.25, -0.2) is 4.79 Å². The number of benzene rings is 3. The summed E-state index contributed by atoms with van der Waals surface area (Å²) in [6.07, 6.45) is 1.75. The van der Waals surface area contributed by atoms with Gasteiger partial charge in [-0.3, -0.25) is 9.78 Å². The van der Waals surface area contributed by atoms with E-state index in [2.05, 4.69) is 10.3 Å². The van der Waals surface area contributed by atoms with Crippen LogP contribution in [0.5, 0.6) is 11.5 Å². The predicted molar refractivity (Wildman–Crippen MR) is 128 cm³/mol. The number of nitrogens with one attached hydrogen (secondary N) is 1. The number of methoxy groups -OCH3 is 1. The van der Waals surface area contributed by atoms with Crippen molar-refractivity contribution in [1.82, 2.24) is 10.3 Å². The van der Waals surface area contributed by atoms with Crippen molar-refractivity contribution in [3.05, 3.63) is 102 Å². The summed E-state index contributed by atoms with van der Waals surface area (Å²) in [4.78, 5) is 29.4. The number of carbonyl (C=O) groups is 2. The van der Waals surface area contributed by atoms with Gasteiger partial charge in [-0.2, -0.15) is 0 Å². The number of fused-ring (bicyclic) bond motifs is 1. The quantitative estimate of drug-likeness (QED) is 0.389. The highest BCUT2D eigenvalue weighted by atomic mass is 16.5. The minimum absolute atomic E-state index is 0.0322. The monoisotopic (exact) mass is 456 g/mol. The molecule has 34 heavy (non-hydrogen) atoms. The molecule has 1 amide bonds. The first-order valence-electron chi connectivity index (χ1n) is 10.8. The normalized spacial score (nSPS) is 11.6. The van der Waals surface area contributed by atoms with E-state index < -0.39 is 17.9 Å². The second kappa shape index (κ2) is 10.5. The van der Waals surface area contributed by atoms with Gasteiger partial charge in [0.1, 0.15) is 23.9 Å². The lowest BCUT2D eigenvalue weighted by Gasteiger charge is -2.17. The van der Waals surface area contributed by atoms with Crippen LogP contribution in [0.4, 0.5) is 0 Å². The Morgan fingerprint density at radius 3 is 2.44 bits per heavy atom. The number of ether oxygens (including phenoxy) is 2. The van der Waals surface area contributed by atoms with Gasteiger partial charge in [0, 0.05) is 18.0 Å². The molecule has 0 spiro atoms. The van der Waals surface area contributed by atoms with Crippen molar-refractivity contribution in [3.63, 3.8) is 0 Å². The van der Waals surface area contributed by atoms with Crippen LogP contribution in [0.2, 0.25) is 0 Å². The number of phenolic OH excluding ortho intramolecular Hbond substituents is 1. The summed E-state index contributed by atoms with van der Waals surface area (Å²) in [5, 5.41) is 13.9. The van der Waals surface area contributed by atoms with Crippen LogP contribution in [0.1, 0.15) is 21.5 Å². The molecule has 0 unspecified atom stereocenters. The fourth-order valence-electron chi connectivity index (χ4n) is 3.58. The molecule has 2 N–H and O–H groups in total. The Hall–Kier alpha value is -4.39. The van der Waals surface area contributed by atoms with E-state index in [0.717, 1.165) is 11.1 Å². The maximum Gasteiger partial charge on any atom is 0.328 e. The third-order valence-corrected chi connectivity index (χ3v) is 5.40. The zero-order chi connectivity index (χ0) is 23.9. The molecule has 0 aliphatic heterocycles. The van der Waals surface area contributed by atoms with Crippen molar-refractivity contribution in [3.8, 4) is 11.5 Å². The summed E-state index contributed by atoms with van der Waals surface area (Å²) in [7, 11) is 1.26. The number of hydrogen-bond acceptors (Lipinski definition) is 6. The maximum absolute atomic E-state index is 12.9. The molecule has 1 atom stereocenters. The third kappa shape index (κ3) is 5.32. The maximum atomic E-state index is 12.9. The molecule has 0 radical (unpaired) electrons. The van der Waals surface area contributed by atoms with Gasteiger partial charge in [-0.05, 0) is 35.4 Å². The molecule has 4 rings (SSSR count). The summed E-state index contributed by atoms with van der Waals surface area (Å²) in [6.45, 7) is 0.450. The molecular weight excluding hydrogens is 432 g/mol. The molecule has 7 nitrogen and oxygen atoms in total. The lowest BCUT2D eigenvalue weighted by atomic mass is 10.0. The largest absolute Gasteiger partial charge is 0.505 e. The third-order valence-electron chi connectivity index (χ3n) is 5.40. The number of aromatic hydroxyl groups is 1. The van der Waals surface area contributed by atoms with Crippen LogP contribution < -0.4 is 10.1 Å². The first-order chi connectivity index (χ1) is 16.5. The molecule has 0 aliphatic carbocycles. The molecule has 1 heterocycles. The minimum Gasteiger partial charge on any atom is -0.505 e. The molecule has 1 aromatic heterocycles. The minimum atomic E-state index is -0.938. The Balaban J connectivity index is 1.44. The van der Waals surface area contributed by atoms with E-state index in [1.165, 1.54) is 19.4 Å². The Morgan fingerprint density at radius 1 is 0.941 bits per heavy atom. The van der Waals surface area contributed by atoms with Crippen LogP contribution in [0.25, 0.3) is 10.9 Å². The number of aromatic nitrogens is 1. The van der Waals surface area contributed by atoms with Crippen LogP contribution in [-0.2, 0) is 22.6 Å². The summed E-state index contributed by atoms with van der Waals surface area (Å²) in [6, 6.07) is 22.9. The zero-order valence-corrected chi connectivity index (χ0v) is 18.6. The number of carbonyl (C=O) groups excluding carboxylic acids is 2. The topological polar surface area (TPSA) is 97.8 Å². The number of hydrogen-bond donors (Lipinski definition) is 2. The van der Waals surface area contributed by atoms with Crippen molar-refractivity contribution in [2.75, 3.05) is 7.11 Å². The predicted octanol–water partition coefficient (Wildman–Crippen LogP) is 4.03. The average molecular weight is 456 g/mol. The van der Waals surface area contributed by atoms with Crippen LogP contribution in [0.3, 0.4) is 0 Å². The van der Waals surface area contributed by atoms with Gasteiger partial charge in [-0.1, -0.05) is 54.6 Å². The lowest BCUT2D eigenvalue weighted by Crippen LogP contribution is -2.43. The number of phenols is 1. The van der Waals surface area contributed by atoms with Crippen molar-refractivity contribution in [2.45, 2.75) is 19.1 Å². The van der Waals surface area contributed by atoms with Crippen molar-refractivity contribution in [1.29, 1.82) is 0 Å². The van der Waals surface area contributed by atoms with Crippen LogP contribution in [-0.4, -0.2) is 35.1 Å². The highest BCUT2D eigenvalue weighted by molar-refractivity contribution is 6.03. The number of esters is 1. The smallest absolute Gasteiger partial charge is 0.328 e. The Morgan fingerprint density at radius 2 is 1.71 bits per heavy atom. The average Bonchev–Trinajstić information content (AvgIpc) is 2.88. The van der Waals surface area contributed by atoms with Crippen LogP contribution in [0, 0.1) is 0 Å². The lowest BCUT2D eigenvalue weighted by molar-refractivity contribution is -0.142. The van der Waals surface area contributed by atoms with E-state index in [0.29, 0.717) is 23.3 Å². The number of rotatable bonds is 8. The molecule has 0 saturated heterocycles. The number of nitrogens with zero attached hydrogens (tertiary/aromatic N) is 1. The van der Waals surface area contributed by atoms with Crippen LogP contribution in [0.15, 0.2) is 85.1 Å². The van der Waals surface area contributed by atoms with Crippen molar-refractivity contribution >= 4 is 22.8 Å². The van der Waals surface area contributed by atoms with E-state index >= 15 is 0 Å². The van der Waals surface area contributed by atoms with E-state index in [1.807, 2.05) is 54.6 Å². The first-order valence-corrected chi connectivity index (χ1v) is 10.8. The fourth-order valence-corrected chi connectivity index (χ4v) is 3.58. The van der Waals surface area contributed by atoms with E-state index in [-0.39, 0.29) is 17.7 Å². The summed E-state index contributed by atoms with van der Waals surface area (Å²) >= 11 is 0. The van der Waals surface area contributed by atoms with E-state index in [1.54, 1.807) is 18.2 Å². The first kappa shape index (κ1) is 22.8. The standard InChI is InChI=1S/C27H24N2O5/c1-33-27(32)23(29-26(31)22-14-11-20-8-5-15-28-24(20)25(22)30)16-18-9-12-21(13-10-18)34-17-19-6-3-2-4-7-19/h2-15,23,30H,16-17H2,1H3,(H,29,31)/t23-/m0/s1. The van der Waals surface area contributed by atoms with Gasteiger partial charge in [0.15, 0.2) is 5.75 Å². The molecular formula is C27H24N2O5. The van der Waals surface area contributed by atoms with Crippen molar-refractivity contribution in [2.24, 2.45) is 0 Å². The van der Waals surface area contributed by atoms with E-state index in [9.17, 15) is 14.7 Å². The zero-order valence-electron chi connectivity index (χ0n) is 18.6. The second-order valence-corrected chi connectivity index (χ2v) is 7.71. The van der Waals surface area contributed by atoms with Gasteiger partial charge in [0.25, 0.3) is 5.91 Å². The molecule has 7 heteroatoms. The van der Waals surface area contributed by atoms with Gasteiger partial charge in [0.05, 0.1) is 12.7 Å². The molecule has 0 saturated carbocycles. The van der Waals surface area contributed by atoms with Gasteiger partial charge in [0.2, 0.25) is 0 Å². The second-order valence-electron chi connectivity index (χ2n) is 7.71. The Bertz CT molecular complexity index is 1290. The van der Waals surface area contributed by atoms with Gasteiger partial charge >= 0.3 is 5.97 Å². The highest BCUT2D eigenvalue weighted by Crippen LogP contribution is 2.27. The molecule has 0 fully saturated rings. The van der Waals surface area contributed by atoms with Gasteiger partial charge < -0.3 is 19.9 Å². The Kier molecular flexibility index (Phi) is 7.03. The van der Waals surface area contributed by atoms with Crippen LogP contribution >= 0.6 is 0 Å².